The van der Waals surface area contributed by atoms with Gasteiger partial charge in [-0.1, -0.05) is 11.6 Å². The number of esters is 1. The topological polar surface area (TPSA) is 86.8 Å². The summed E-state index contributed by atoms with van der Waals surface area (Å²) in [6.07, 6.45) is 3.68. The second-order valence-corrected chi connectivity index (χ2v) is 6.29. The number of ether oxygens (including phenoxy) is 3. The van der Waals surface area contributed by atoms with Crippen LogP contribution in [0.25, 0.3) is 0 Å². The molecule has 0 bridgehead atoms. The number of rotatable bonds is 7. The first-order valence-electron chi connectivity index (χ1n) is 8.54. The highest BCUT2D eigenvalue weighted by Crippen LogP contribution is 2.18. The van der Waals surface area contributed by atoms with E-state index in [2.05, 4.69) is 10.3 Å². The first kappa shape index (κ1) is 19.1. The smallest absolute Gasteiger partial charge is 0.338 e. The van der Waals surface area contributed by atoms with Gasteiger partial charge in [-0.25, -0.2) is 9.78 Å². The van der Waals surface area contributed by atoms with E-state index >= 15 is 0 Å². The van der Waals surface area contributed by atoms with Gasteiger partial charge in [0, 0.05) is 12.8 Å². The van der Waals surface area contributed by atoms with E-state index in [0.717, 1.165) is 19.4 Å². The average molecular weight is 391 g/mol. The van der Waals surface area contributed by atoms with Gasteiger partial charge in [-0.3, -0.25) is 4.79 Å². The molecule has 2 aromatic rings. The number of pyridine rings is 1. The maximum Gasteiger partial charge on any atom is 0.338 e. The van der Waals surface area contributed by atoms with Crippen LogP contribution in [-0.2, 0) is 14.3 Å². The number of nitrogens with zero attached hydrogens (tertiary/aromatic N) is 1. The molecule has 7 nitrogen and oxygen atoms in total. The molecule has 1 fully saturated rings. The van der Waals surface area contributed by atoms with Crippen molar-refractivity contribution in [2.24, 2.45) is 0 Å². The lowest BCUT2D eigenvalue weighted by Crippen LogP contribution is -2.21. The molecule has 1 saturated heterocycles. The first-order valence-corrected chi connectivity index (χ1v) is 8.91. The van der Waals surface area contributed by atoms with Crippen molar-refractivity contribution in [2.45, 2.75) is 18.9 Å². The van der Waals surface area contributed by atoms with Crippen LogP contribution in [-0.4, -0.2) is 42.8 Å². The molecule has 142 valence electrons. The predicted octanol–water partition coefficient (Wildman–Crippen LogP) is 3.09. The summed E-state index contributed by atoms with van der Waals surface area (Å²) in [5.74, 6) is -0.464. The molecule has 27 heavy (non-hydrogen) atoms. The Morgan fingerprint density at radius 2 is 2.07 bits per heavy atom. The molecular weight excluding hydrogens is 372 g/mol. The van der Waals surface area contributed by atoms with E-state index in [9.17, 15) is 9.59 Å². The molecule has 1 atom stereocenters. The lowest BCUT2D eigenvalue weighted by molar-refractivity contribution is -0.119. The van der Waals surface area contributed by atoms with Gasteiger partial charge in [0.2, 0.25) is 0 Å². The molecule has 0 radical (unpaired) electrons. The number of aromatic nitrogens is 1. The minimum Gasteiger partial charge on any atom is -0.491 e. The number of hydrogen-bond acceptors (Lipinski definition) is 6. The third kappa shape index (κ3) is 5.67. The number of anilines is 1. The number of carbonyl (C=O) groups excluding carboxylic acids is 2. The van der Waals surface area contributed by atoms with Gasteiger partial charge >= 0.3 is 5.97 Å². The van der Waals surface area contributed by atoms with Crippen LogP contribution in [0.2, 0.25) is 5.15 Å². The van der Waals surface area contributed by atoms with Crippen molar-refractivity contribution >= 4 is 29.2 Å². The van der Waals surface area contributed by atoms with Crippen molar-refractivity contribution in [2.75, 3.05) is 25.1 Å². The third-order valence-electron chi connectivity index (χ3n) is 3.92. The van der Waals surface area contributed by atoms with Gasteiger partial charge in [0.05, 0.1) is 17.4 Å². The second kappa shape index (κ2) is 9.34. The molecular formula is C19H19ClN2O5. The number of benzene rings is 1. The molecule has 1 aliphatic rings. The number of halogens is 1. The Morgan fingerprint density at radius 3 is 2.78 bits per heavy atom. The lowest BCUT2D eigenvalue weighted by Gasteiger charge is -2.11. The zero-order valence-electron chi connectivity index (χ0n) is 14.5. The molecule has 1 aliphatic heterocycles. The number of hydrogen-bond donors (Lipinski definition) is 1. The average Bonchev–Trinajstić information content (AvgIpc) is 3.20. The standard InChI is InChI=1S/C19H19ClN2O5/c20-18-16(4-1-9-21-18)22-17(23)12-27-19(24)13-5-7-14(8-6-13)26-11-15-3-2-10-25-15/h1,4-9,15H,2-3,10-12H2,(H,22,23)/t15-/m0/s1. The number of carbonyl (C=O) groups is 2. The monoisotopic (exact) mass is 390 g/mol. The van der Waals surface area contributed by atoms with Crippen molar-refractivity contribution in [3.8, 4) is 5.75 Å². The molecule has 0 unspecified atom stereocenters. The maximum absolute atomic E-state index is 12.0. The van der Waals surface area contributed by atoms with Gasteiger partial charge in [0.25, 0.3) is 5.91 Å². The van der Waals surface area contributed by atoms with E-state index in [1.165, 1.54) is 6.20 Å². The minimum absolute atomic E-state index is 0.126. The molecule has 1 N–H and O–H groups in total. The third-order valence-corrected chi connectivity index (χ3v) is 4.22. The molecule has 1 amide bonds. The second-order valence-electron chi connectivity index (χ2n) is 5.94. The zero-order valence-corrected chi connectivity index (χ0v) is 15.3. The Labute approximate surface area is 161 Å². The van der Waals surface area contributed by atoms with Gasteiger partial charge < -0.3 is 19.5 Å². The maximum atomic E-state index is 12.0. The van der Waals surface area contributed by atoms with E-state index in [1.807, 2.05) is 0 Å². The van der Waals surface area contributed by atoms with Gasteiger partial charge in [-0.2, -0.15) is 0 Å². The summed E-state index contributed by atoms with van der Waals surface area (Å²) < 4.78 is 16.1. The Kier molecular flexibility index (Phi) is 6.62. The van der Waals surface area contributed by atoms with Gasteiger partial charge in [-0.05, 0) is 49.2 Å². The van der Waals surface area contributed by atoms with E-state index < -0.39 is 18.5 Å². The van der Waals surface area contributed by atoms with Crippen molar-refractivity contribution in [3.63, 3.8) is 0 Å². The Bertz CT molecular complexity index is 791. The minimum atomic E-state index is -0.604. The predicted molar refractivity (Wildman–Crippen MR) is 99.1 cm³/mol. The van der Waals surface area contributed by atoms with Crippen molar-refractivity contribution in [3.05, 3.63) is 53.3 Å². The zero-order chi connectivity index (χ0) is 19.1. The fourth-order valence-corrected chi connectivity index (χ4v) is 2.70. The lowest BCUT2D eigenvalue weighted by atomic mass is 10.2. The van der Waals surface area contributed by atoms with Gasteiger partial charge in [0.15, 0.2) is 11.8 Å². The normalized spacial score (nSPS) is 16.0. The SMILES string of the molecule is O=C(COC(=O)c1ccc(OC[C@@H]2CCCO2)cc1)Nc1cccnc1Cl. The van der Waals surface area contributed by atoms with Crippen LogP contribution in [0.3, 0.4) is 0 Å². The highest BCUT2D eigenvalue weighted by Gasteiger charge is 2.16. The van der Waals surface area contributed by atoms with Crippen molar-refractivity contribution in [1.29, 1.82) is 0 Å². The Hall–Kier alpha value is -2.64. The molecule has 0 saturated carbocycles. The molecule has 2 heterocycles. The van der Waals surface area contributed by atoms with E-state index in [-0.39, 0.29) is 11.3 Å². The fraction of sp³-hybridized carbons (Fsp3) is 0.316. The summed E-state index contributed by atoms with van der Waals surface area (Å²) >= 11 is 5.86. The highest BCUT2D eigenvalue weighted by molar-refractivity contribution is 6.32. The quantitative estimate of drug-likeness (QED) is 0.577. The molecule has 0 spiro atoms. The van der Waals surface area contributed by atoms with Gasteiger partial charge in [0.1, 0.15) is 12.4 Å². The number of nitrogens with one attached hydrogen (secondary N) is 1. The highest BCUT2D eigenvalue weighted by atomic mass is 35.5. The van der Waals surface area contributed by atoms with Gasteiger partial charge in [-0.15, -0.1) is 0 Å². The van der Waals surface area contributed by atoms with Crippen LogP contribution < -0.4 is 10.1 Å². The summed E-state index contributed by atoms with van der Waals surface area (Å²) in [5.41, 5.74) is 0.680. The van der Waals surface area contributed by atoms with E-state index in [0.29, 0.717) is 23.6 Å². The van der Waals surface area contributed by atoms with Crippen molar-refractivity contribution < 1.29 is 23.8 Å². The Balaban J connectivity index is 1.44. The molecule has 8 heteroatoms. The summed E-state index contributed by atoms with van der Waals surface area (Å²) in [7, 11) is 0. The molecule has 3 rings (SSSR count). The van der Waals surface area contributed by atoms with Crippen molar-refractivity contribution in [1.82, 2.24) is 4.98 Å². The summed E-state index contributed by atoms with van der Waals surface area (Å²) in [5, 5.41) is 2.69. The molecule has 1 aromatic carbocycles. The van der Waals surface area contributed by atoms with Crippen LogP contribution in [0, 0.1) is 0 Å². The van der Waals surface area contributed by atoms with Crippen LogP contribution in [0.1, 0.15) is 23.2 Å². The van der Waals surface area contributed by atoms with Crippen LogP contribution in [0.5, 0.6) is 5.75 Å². The van der Waals surface area contributed by atoms with Crippen LogP contribution >= 0.6 is 11.6 Å². The molecule has 0 aliphatic carbocycles. The largest absolute Gasteiger partial charge is 0.491 e. The van der Waals surface area contributed by atoms with Crippen LogP contribution in [0.15, 0.2) is 42.6 Å². The van der Waals surface area contributed by atoms with E-state index in [1.54, 1.807) is 36.4 Å². The van der Waals surface area contributed by atoms with Crippen LogP contribution in [0.4, 0.5) is 5.69 Å². The fourth-order valence-electron chi connectivity index (χ4n) is 2.53. The summed E-state index contributed by atoms with van der Waals surface area (Å²) in [6, 6.07) is 9.77. The van der Waals surface area contributed by atoms with E-state index in [4.69, 9.17) is 25.8 Å². The molecule has 1 aromatic heterocycles. The summed E-state index contributed by atoms with van der Waals surface area (Å²) in [6.45, 7) is 0.835. The first-order chi connectivity index (χ1) is 13.1. The Morgan fingerprint density at radius 1 is 1.26 bits per heavy atom. The number of amides is 1. The summed E-state index contributed by atoms with van der Waals surface area (Å²) in [4.78, 5) is 27.8.